The molecule has 0 spiro atoms. The summed E-state index contributed by atoms with van der Waals surface area (Å²) in [6, 6.07) is 8.76. The average Bonchev–Trinajstić information content (AvgIpc) is 2.91. The molecule has 1 N–H and O–H groups in total. The van der Waals surface area contributed by atoms with E-state index in [1.807, 2.05) is 24.4 Å². The second-order valence-electron chi connectivity index (χ2n) is 4.43. The predicted molar refractivity (Wildman–Crippen MR) is 80.4 cm³/mol. The monoisotopic (exact) mass is 379 g/mol. The van der Waals surface area contributed by atoms with Crippen LogP contribution in [0.3, 0.4) is 0 Å². The highest BCUT2D eigenvalue weighted by atomic mass is 79.9. The second-order valence-corrected chi connectivity index (χ2v) is 6.26. The van der Waals surface area contributed by atoms with Crippen molar-refractivity contribution in [2.45, 2.75) is 25.9 Å². The number of ether oxygens (including phenoxy) is 1. The van der Waals surface area contributed by atoms with E-state index in [4.69, 9.17) is 0 Å². The number of thiophene rings is 1. The largest absolute Gasteiger partial charge is 0.573 e. The molecule has 2 aromatic rings. The molecule has 0 aliphatic rings. The van der Waals surface area contributed by atoms with E-state index >= 15 is 0 Å². The molecule has 0 saturated carbocycles. The minimum atomic E-state index is -4.68. The van der Waals surface area contributed by atoms with Crippen molar-refractivity contribution in [3.8, 4) is 5.75 Å². The van der Waals surface area contributed by atoms with Crippen LogP contribution in [0.25, 0.3) is 0 Å². The quantitative estimate of drug-likeness (QED) is 0.764. The predicted octanol–water partition coefficient (Wildman–Crippen LogP) is 5.26. The van der Waals surface area contributed by atoms with Gasteiger partial charge in [0.25, 0.3) is 0 Å². The van der Waals surface area contributed by atoms with E-state index in [1.54, 1.807) is 23.5 Å². The zero-order valence-corrected chi connectivity index (χ0v) is 13.5. The molecule has 0 amide bonds. The van der Waals surface area contributed by atoms with Gasteiger partial charge in [0.1, 0.15) is 5.75 Å². The third kappa shape index (κ3) is 5.01. The molecule has 7 heteroatoms. The molecule has 0 bridgehead atoms. The van der Waals surface area contributed by atoms with Gasteiger partial charge in [0.05, 0.1) is 4.47 Å². The van der Waals surface area contributed by atoms with Crippen LogP contribution >= 0.6 is 27.3 Å². The molecule has 1 unspecified atom stereocenters. The Kier molecular flexibility index (Phi) is 5.29. The molecule has 2 nitrogen and oxygen atoms in total. The number of alkyl halides is 3. The zero-order chi connectivity index (χ0) is 15.5. The normalized spacial score (nSPS) is 13.2. The van der Waals surface area contributed by atoms with Crippen LogP contribution in [0.2, 0.25) is 0 Å². The summed E-state index contributed by atoms with van der Waals surface area (Å²) in [5.74, 6) is -0.238. The summed E-state index contributed by atoms with van der Waals surface area (Å²) in [6.07, 6.45) is -4.68. The third-order valence-corrected chi connectivity index (χ3v) is 4.48. The van der Waals surface area contributed by atoms with Gasteiger partial charge in [-0.1, -0.05) is 12.1 Å². The van der Waals surface area contributed by atoms with Gasteiger partial charge in [-0.3, -0.25) is 0 Å². The topological polar surface area (TPSA) is 21.3 Å². The summed E-state index contributed by atoms with van der Waals surface area (Å²) in [6.45, 7) is 2.60. The molecular weight excluding hydrogens is 367 g/mol. The Morgan fingerprint density at radius 1 is 1.33 bits per heavy atom. The van der Waals surface area contributed by atoms with Gasteiger partial charge in [0.15, 0.2) is 0 Å². The van der Waals surface area contributed by atoms with Crippen molar-refractivity contribution < 1.29 is 17.9 Å². The number of benzene rings is 1. The molecule has 0 aliphatic heterocycles. The van der Waals surface area contributed by atoms with Crippen molar-refractivity contribution >= 4 is 27.3 Å². The van der Waals surface area contributed by atoms with Crippen molar-refractivity contribution in [1.82, 2.24) is 5.32 Å². The first-order valence-corrected chi connectivity index (χ1v) is 7.83. The lowest BCUT2D eigenvalue weighted by Gasteiger charge is -2.14. The van der Waals surface area contributed by atoms with E-state index in [9.17, 15) is 13.2 Å². The summed E-state index contributed by atoms with van der Waals surface area (Å²) in [7, 11) is 0. The van der Waals surface area contributed by atoms with Crippen LogP contribution in [0, 0.1) is 0 Å². The standard InChI is InChI=1S/C14H13BrF3NOS/c1-9(13-3-2-6-21-13)19-8-10-4-5-12(11(15)7-10)20-14(16,17)18/h2-7,9,19H,8H2,1H3. The molecule has 0 fully saturated rings. The van der Waals surface area contributed by atoms with E-state index in [0.717, 1.165) is 5.56 Å². The lowest BCUT2D eigenvalue weighted by atomic mass is 10.2. The molecule has 1 atom stereocenters. The van der Waals surface area contributed by atoms with Crippen molar-refractivity contribution in [3.63, 3.8) is 0 Å². The SMILES string of the molecule is CC(NCc1ccc(OC(F)(F)F)c(Br)c1)c1cccs1. The van der Waals surface area contributed by atoms with Gasteiger partial charge < -0.3 is 10.1 Å². The number of hydrogen-bond acceptors (Lipinski definition) is 3. The van der Waals surface area contributed by atoms with Crippen LogP contribution in [-0.2, 0) is 6.54 Å². The Hall–Kier alpha value is -1.05. The van der Waals surface area contributed by atoms with Gasteiger partial charge >= 0.3 is 6.36 Å². The number of nitrogens with one attached hydrogen (secondary N) is 1. The van der Waals surface area contributed by atoms with Crippen LogP contribution in [-0.4, -0.2) is 6.36 Å². The minimum absolute atomic E-state index is 0.190. The van der Waals surface area contributed by atoms with E-state index in [1.165, 1.54) is 10.9 Å². The third-order valence-electron chi connectivity index (χ3n) is 2.80. The molecule has 0 saturated heterocycles. The number of rotatable bonds is 5. The maximum atomic E-state index is 12.2. The highest BCUT2D eigenvalue weighted by Gasteiger charge is 2.31. The molecular formula is C14H13BrF3NOS. The Bertz CT molecular complexity index is 586. The first kappa shape index (κ1) is 16.3. The van der Waals surface area contributed by atoms with Crippen molar-refractivity contribution in [1.29, 1.82) is 0 Å². The molecule has 1 aromatic carbocycles. The average molecular weight is 380 g/mol. The number of halogens is 4. The fourth-order valence-electron chi connectivity index (χ4n) is 1.77. The number of hydrogen-bond donors (Lipinski definition) is 1. The molecule has 2 rings (SSSR count). The van der Waals surface area contributed by atoms with Crippen LogP contribution < -0.4 is 10.1 Å². The summed E-state index contributed by atoms with van der Waals surface area (Å²) in [5.41, 5.74) is 0.875. The Balaban J connectivity index is 1.97. The Labute approximate surface area is 133 Å². The molecule has 1 aromatic heterocycles. The van der Waals surface area contributed by atoms with Crippen molar-refractivity contribution in [2.75, 3.05) is 0 Å². The highest BCUT2D eigenvalue weighted by molar-refractivity contribution is 9.10. The Morgan fingerprint density at radius 3 is 2.67 bits per heavy atom. The highest BCUT2D eigenvalue weighted by Crippen LogP contribution is 2.31. The molecule has 0 aliphatic carbocycles. The van der Waals surface area contributed by atoms with Gasteiger partial charge in [0, 0.05) is 17.5 Å². The summed E-state index contributed by atoms with van der Waals surface area (Å²) < 4.78 is 40.7. The van der Waals surface area contributed by atoms with Gasteiger partial charge in [0.2, 0.25) is 0 Å². The fraction of sp³-hybridized carbons (Fsp3) is 0.286. The van der Waals surface area contributed by atoms with E-state index in [-0.39, 0.29) is 16.3 Å². The fourth-order valence-corrected chi connectivity index (χ4v) is 3.04. The lowest BCUT2D eigenvalue weighted by molar-refractivity contribution is -0.274. The van der Waals surface area contributed by atoms with E-state index in [2.05, 4.69) is 26.0 Å². The maximum absolute atomic E-state index is 12.2. The van der Waals surface area contributed by atoms with Gasteiger partial charge in [-0.2, -0.15) is 0 Å². The van der Waals surface area contributed by atoms with Gasteiger partial charge in [-0.25, -0.2) is 0 Å². The molecule has 114 valence electrons. The van der Waals surface area contributed by atoms with Crippen LogP contribution in [0.15, 0.2) is 40.2 Å². The van der Waals surface area contributed by atoms with Crippen molar-refractivity contribution in [2.24, 2.45) is 0 Å². The van der Waals surface area contributed by atoms with Crippen LogP contribution in [0.4, 0.5) is 13.2 Å². The Morgan fingerprint density at radius 2 is 2.10 bits per heavy atom. The smallest absolute Gasteiger partial charge is 0.405 e. The van der Waals surface area contributed by atoms with E-state index in [0.29, 0.717) is 6.54 Å². The van der Waals surface area contributed by atoms with Gasteiger partial charge in [-0.15, -0.1) is 24.5 Å². The first-order valence-electron chi connectivity index (χ1n) is 6.16. The van der Waals surface area contributed by atoms with Crippen molar-refractivity contribution in [3.05, 3.63) is 50.6 Å². The minimum Gasteiger partial charge on any atom is -0.405 e. The molecule has 0 radical (unpaired) electrons. The molecule has 21 heavy (non-hydrogen) atoms. The summed E-state index contributed by atoms with van der Waals surface area (Å²) >= 11 is 4.76. The van der Waals surface area contributed by atoms with Crippen LogP contribution in [0.1, 0.15) is 23.4 Å². The maximum Gasteiger partial charge on any atom is 0.573 e. The zero-order valence-electron chi connectivity index (χ0n) is 11.1. The van der Waals surface area contributed by atoms with E-state index < -0.39 is 6.36 Å². The summed E-state index contributed by atoms with van der Waals surface area (Å²) in [5, 5.41) is 5.33. The first-order chi connectivity index (χ1) is 9.85. The second kappa shape index (κ2) is 6.81. The molecule has 1 heterocycles. The van der Waals surface area contributed by atoms with Gasteiger partial charge in [-0.05, 0) is 52.0 Å². The lowest BCUT2D eigenvalue weighted by Crippen LogP contribution is -2.18. The summed E-state index contributed by atoms with van der Waals surface area (Å²) in [4.78, 5) is 1.21. The van der Waals surface area contributed by atoms with Crippen LogP contribution in [0.5, 0.6) is 5.75 Å².